The number of rotatable bonds is 8. The maximum Gasteiger partial charge on any atom is 0.339 e. The SMILES string of the molecule is COC(=O)c1ccccc1-n1cccc1[C@H]1[C@H](c2ccccn2)NC(=S)N1c1ccc(OC)c(NS(C)(=O)=O)c1. The van der Waals surface area contributed by atoms with Gasteiger partial charge in [0.25, 0.3) is 0 Å². The second kappa shape index (κ2) is 11.0. The fourth-order valence-corrected chi connectivity index (χ4v) is 5.78. The Morgan fingerprint density at radius 1 is 1.05 bits per heavy atom. The Morgan fingerprint density at radius 2 is 1.82 bits per heavy atom. The molecule has 5 rings (SSSR count). The quantitative estimate of drug-likeness (QED) is 0.235. The predicted molar refractivity (Wildman–Crippen MR) is 157 cm³/mol. The number of pyridine rings is 1. The lowest BCUT2D eigenvalue weighted by atomic mass is 10.00. The molecule has 4 aromatic rings. The Labute approximate surface area is 237 Å². The van der Waals surface area contributed by atoms with Crippen LogP contribution in [0.1, 0.15) is 33.8 Å². The molecule has 2 aromatic heterocycles. The summed E-state index contributed by atoms with van der Waals surface area (Å²) in [4.78, 5) is 19.1. The lowest BCUT2D eigenvalue weighted by Crippen LogP contribution is -2.30. The van der Waals surface area contributed by atoms with Crippen LogP contribution in [0, 0.1) is 0 Å². The van der Waals surface area contributed by atoms with E-state index in [0.29, 0.717) is 27.8 Å². The summed E-state index contributed by atoms with van der Waals surface area (Å²) in [6.45, 7) is 0. The smallest absolute Gasteiger partial charge is 0.339 e. The van der Waals surface area contributed by atoms with Crippen molar-refractivity contribution in [2.75, 3.05) is 30.1 Å². The molecule has 0 bridgehead atoms. The van der Waals surface area contributed by atoms with Crippen molar-refractivity contribution in [1.29, 1.82) is 0 Å². The summed E-state index contributed by atoms with van der Waals surface area (Å²) >= 11 is 5.84. The molecule has 40 heavy (non-hydrogen) atoms. The van der Waals surface area contributed by atoms with Gasteiger partial charge in [0, 0.05) is 23.8 Å². The van der Waals surface area contributed by atoms with Crippen LogP contribution in [-0.2, 0) is 14.8 Å². The highest BCUT2D eigenvalue weighted by atomic mass is 32.2. The summed E-state index contributed by atoms with van der Waals surface area (Å²) in [5, 5.41) is 3.82. The van der Waals surface area contributed by atoms with Gasteiger partial charge in [-0.15, -0.1) is 0 Å². The number of anilines is 2. The Morgan fingerprint density at radius 3 is 2.52 bits per heavy atom. The number of para-hydroxylation sites is 1. The molecule has 1 aliphatic rings. The molecule has 2 atom stereocenters. The van der Waals surface area contributed by atoms with Crippen molar-refractivity contribution in [1.82, 2.24) is 14.9 Å². The van der Waals surface area contributed by atoms with Gasteiger partial charge in [0.05, 0.1) is 49.1 Å². The third-order valence-corrected chi connectivity index (χ3v) is 7.41. The molecule has 0 unspecified atom stereocenters. The Balaban J connectivity index is 1.69. The molecule has 206 valence electrons. The minimum Gasteiger partial charge on any atom is -0.495 e. The molecular formula is C28H27N5O5S2. The van der Waals surface area contributed by atoms with Gasteiger partial charge >= 0.3 is 5.97 Å². The fourth-order valence-electron chi connectivity index (χ4n) is 4.88. The van der Waals surface area contributed by atoms with E-state index >= 15 is 0 Å². The largest absolute Gasteiger partial charge is 0.495 e. The van der Waals surface area contributed by atoms with Gasteiger partial charge in [-0.3, -0.25) is 9.71 Å². The summed E-state index contributed by atoms with van der Waals surface area (Å²) in [6, 6.07) is 21.0. The Bertz CT molecular complexity index is 1670. The highest BCUT2D eigenvalue weighted by molar-refractivity contribution is 7.92. The van der Waals surface area contributed by atoms with Gasteiger partial charge in [-0.2, -0.15) is 0 Å². The molecule has 1 saturated heterocycles. The van der Waals surface area contributed by atoms with E-state index in [4.69, 9.17) is 21.7 Å². The van der Waals surface area contributed by atoms with Gasteiger partial charge in [-0.05, 0) is 66.8 Å². The molecule has 3 heterocycles. The van der Waals surface area contributed by atoms with Crippen LogP contribution in [0.2, 0.25) is 0 Å². The van der Waals surface area contributed by atoms with Crippen LogP contribution >= 0.6 is 12.2 Å². The number of ether oxygens (including phenoxy) is 2. The standard InChI is InChI=1S/C28H27N5O5S2/c1-37-24-14-13-18(17-21(24)31-40(3,35)36)33-26(25(30-28(33)39)20-10-6-7-15-29-20)23-12-8-16-32(23)22-11-5-4-9-19(22)27(34)38-2/h4-17,25-26,31H,1-3H3,(H,30,39)/t25-,26-/m0/s1. The number of aromatic nitrogens is 2. The van der Waals surface area contributed by atoms with Gasteiger partial charge in [-0.1, -0.05) is 18.2 Å². The van der Waals surface area contributed by atoms with Crippen LogP contribution in [0.15, 0.2) is 85.2 Å². The van der Waals surface area contributed by atoms with Gasteiger partial charge < -0.3 is 24.3 Å². The average molecular weight is 578 g/mol. The summed E-state index contributed by atoms with van der Waals surface area (Å²) < 4.78 is 39.1. The number of carbonyl (C=O) groups excluding carboxylic acids is 1. The third-order valence-electron chi connectivity index (χ3n) is 6.51. The number of benzene rings is 2. The number of hydrogen-bond donors (Lipinski definition) is 2. The second-order valence-electron chi connectivity index (χ2n) is 9.07. The van der Waals surface area contributed by atoms with Gasteiger partial charge in [0.2, 0.25) is 10.0 Å². The zero-order valence-corrected chi connectivity index (χ0v) is 23.6. The first-order valence-corrected chi connectivity index (χ1v) is 14.5. The minimum atomic E-state index is -3.59. The van der Waals surface area contributed by atoms with E-state index in [9.17, 15) is 13.2 Å². The number of nitrogens with one attached hydrogen (secondary N) is 2. The van der Waals surface area contributed by atoms with E-state index < -0.39 is 22.0 Å². The number of carbonyl (C=O) groups is 1. The maximum atomic E-state index is 12.6. The molecule has 1 fully saturated rings. The molecule has 2 aromatic carbocycles. The lowest BCUT2D eigenvalue weighted by Gasteiger charge is -2.29. The van der Waals surface area contributed by atoms with Crippen LogP contribution in [0.3, 0.4) is 0 Å². The van der Waals surface area contributed by atoms with Crippen molar-refractivity contribution in [2.24, 2.45) is 0 Å². The first-order valence-electron chi connectivity index (χ1n) is 12.2. The molecule has 10 nitrogen and oxygen atoms in total. The number of esters is 1. The molecule has 12 heteroatoms. The monoisotopic (exact) mass is 577 g/mol. The van der Waals surface area contributed by atoms with E-state index in [0.717, 1.165) is 17.6 Å². The van der Waals surface area contributed by atoms with Crippen molar-refractivity contribution in [3.8, 4) is 11.4 Å². The topological polar surface area (TPSA) is 115 Å². The number of thiocarbonyl (C=S) groups is 1. The van der Waals surface area contributed by atoms with E-state index in [2.05, 4.69) is 15.0 Å². The summed E-state index contributed by atoms with van der Waals surface area (Å²) in [5.41, 5.74) is 3.52. The Hall–Kier alpha value is -4.42. The van der Waals surface area contributed by atoms with E-state index in [1.54, 1.807) is 30.5 Å². The molecule has 0 amide bonds. The molecule has 0 radical (unpaired) electrons. The van der Waals surface area contributed by atoms with E-state index in [1.165, 1.54) is 14.2 Å². The zero-order valence-electron chi connectivity index (χ0n) is 21.9. The highest BCUT2D eigenvalue weighted by Gasteiger charge is 2.42. The summed E-state index contributed by atoms with van der Waals surface area (Å²) in [6.07, 6.45) is 4.66. The fraction of sp³-hybridized carbons (Fsp3) is 0.179. The van der Waals surface area contributed by atoms with Gasteiger partial charge in [0.15, 0.2) is 5.11 Å². The summed E-state index contributed by atoms with van der Waals surface area (Å²) in [7, 11) is -0.772. The first-order chi connectivity index (χ1) is 19.2. The van der Waals surface area contributed by atoms with E-state index in [1.807, 2.05) is 64.2 Å². The third kappa shape index (κ3) is 5.23. The van der Waals surface area contributed by atoms with Gasteiger partial charge in [0.1, 0.15) is 11.8 Å². The molecule has 0 aliphatic carbocycles. The molecular weight excluding hydrogens is 550 g/mol. The van der Waals surface area contributed by atoms with Crippen molar-refractivity contribution in [3.63, 3.8) is 0 Å². The first kappa shape index (κ1) is 27.2. The molecule has 1 aliphatic heterocycles. The van der Waals surface area contributed by atoms with Crippen molar-refractivity contribution < 1.29 is 22.7 Å². The lowest BCUT2D eigenvalue weighted by molar-refractivity contribution is 0.0600. The zero-order chi connectivity index (χ0) is 28.4. The van der Waals surface area contributed by atoms with Crippen LogP contribution in [-0.4, -0.2) is 49.5 Å². The minimum absolute atomic E-state index is 0.275. The van der Waals surface area contributed by atoms with Crippen molar-refractivity contribution >= 4 is 44.7 Å². The van der Waals surface area contributed by atoms with Crippen LogP contribution in [0.5, 0.6) is 5.75 Å². The normalized spacial score (nSPS) is 16.9. The van der Waals surface area contributed by atoms with Gasteiger partial charge in [-0.25, -0.2) is 13.2 Å². The average Bonchev–Trinajstić information content (AvgIpc) is 3.56. The van der Waals surface area contributed by atoms with Crippen LogP contribution in [0.25, 0.3) is 5.69 Å². The van der Waals surface area contributed by atoms with Crippen LogP contribution < -0.4 is 19.7 Å². The van der Waals surface area contributed by atoms with Crippen molar-refractivity contribution in [2.45, 2.75) is 12.1 Å². The predicted octanol–water partition coefficient (Wildman–Crippen LogP) is 4.22. The second-order valence-corrected chi connectivity index (χ2v) is 11.2. The molecule has 0 spiro atoms. The summed E-state index contributed by atoms with van der Waals surface area (Å²) in [5.74, 6) is -0.0967. The number of hydrogen-bond acceptors (Lipinski definition) is 7. The number of nitrogens with zero attached hydrogens (tertiary/aromatic N) is 3. The number of methoxy groups -OCH3 is 2. The van der Waals surface area contributed by atoms with Crippen LogP contribution in [0.4, 0.5) is 11.4 Å². The highest BCUT2D eigenvalue weighted by Crippen LogP contribution is 2.44. The van der Waals surface area contributed by atoms with Crippen molar-refractivity contribution in [3.05, 3.63) is 102 Å². The molecule has 0 saturated carbocycles. The molecule has 2 N–H and O–H groups in total. The van der Waals surface area contributed by atoms with E-state index in [-0.39, 0.29) is 11.7 Å². The number of sulfonamides is 1. The maximum absolute atomic E-state index is 12.6. The Kier molecular flexibility index (Phi) is 7.46.